The van der Waals surface area contributed by atoms with E-state index in [4.69, 9.17) is 0 Å². The van der Waals surface area contributed by atoms with Gasteiger partial charge in [-0.05, 0) is 56.3 Å². The molecule has 1 aliphatic heterocycles. The predicted octanol–water partition coefficient (Wildman–Crippen LogP) is 3.87. The third kappa shape index (κ3) is 5.75. The molecule has 4 heteroatoms. The molecule has 2 aromatic rings. The zero-order valence-electron chi connectivity index (χ0n) is 15.5. The number of hydrogen-bond donors (Lipinski definition) is 0. The second-order valence-electron chi connectivity index (χ2n) is 7.06. The van der Waals surface area contributed by atoms with E-state index >= 15 is 0 Å². The Balaban J connectivity index is 1.45. The van der Waals surface area contributed by atoms with Crippen molar-refractivity contribution in [3.05, 3.63) is 71.8 Å². The highest BCUT2D eigenvalue weighted by Crippen LogP contribution is 2.15. The molecule has 0 spiro atoms. The van der Waals surface area contributed by atoms with E-state index in [-0.39, 0.29) is 5.82 Å². The van der Waals surface area contributed by atoms with E-state index in [1.54, 1.807) is 0 Å². The van der Waals surface area contributed by atoms with Crippen LogP contribution in [-0.4, -0.2) is 54.1 Å². The molecule has 1 aromatic carbocycles. The highest BCUT2D eigenvalue weighted by Gasteiger charge is 2.22. The maximum atomic E-state index is 12.9. The number of benzene rings is 1. The lowest BCUT2D eigenvalue weighted by Gasteiger charge is -2.37. The zero-order chi connectivity index (χ0) is 18.2. The van der Waals surface area contributed by atoms with Crippen LogP contribution in [0.5, 0.6) is 0 Å². The summed E-state index contributed by atoms with van der Waals surface area (Å²) in [5.74, 6) is -0.185. The number of piperidine rings is 1. The quantitative estimate of drug-likeness (QED) is 0.753. The third-order valence-corrected chi connectivity index (χ3v) is 5.09. The van der Waals surface area contributed by atoms with Crippen molar-refractivity contribution in [2.75, 3.05) is 33.2 Å². The van der Waals surface area contributed by atoms with Crippen LogP contribution in [0.4, 0.5) is 4.39 Å². The van der Waals surface area contributed by atoms with Crippen molar-refractivity contribution in [2.45, 2.75) is 25.3 Å². The minimum atomic E-state index is -0.185. The molecule has 1 unspecified atom stereocenters. The van der Waals surface area contributed by atoms with Gasteiger partial charge in [0, 0.05) is 44.0 Å². The molecule has 26 heavy (non-hydrogen) atoms. The van der Waals surface area contributed by atoms with Gasteiger partial charge in [0.05, 0.1) is 0 Å². The Morgan fingerprint density at radius 1 is 1.23 bits per heavy atom. The topological polar surface area (TPSA) is 19.4 Å². The molecule has 1 aliphatic rings. The summed E-state index contributed by atoms with van der Waals surface area (Å²) in [7, 11) is 2.23. The molecular formula is C22H28FN3. The van der Waals surface area contributed by atoms with Gasteiger partial charge in [0.1, 0.15) is 5.82 Å². The summed E-state index contributed by atoms with van der Waals surface area (Å²) in [6, 6.07) is 13.4. The minimum Gasteiger partial charge on any atom is -0.302 e. The van der Waals surface area contributed by atoms with Gasteiger partial charge in [0.15, 0.2) is 0 Å². The van der Waals surface area contributed by atoms with E-state index < -0.39 is 0 Å². The van der Waals surface area contributed by atoms with Crippen LogP contribution in [0.1, 0.15) is 24.1 Å². The van der Waals surface area contributed by atoms with Crippen molar-refractivity contribution in [1.82, 2.24) is 14.8 Å². The van der Waals surface area contributed by atoms with Crippen LogP contribution in [0, 0.1) is 5.82 Å². The largest absolute Gasteiger partial charge is 0.302 e. The summed E-state index contributed by atoms with van der Waals surface area (Å²) in [4.78, 5) is 9.40. The SMILES string of the molecule is CN(CCc1ccccn1)C1CCCN(CC=Cc2ccc(F)cc2)C1. The van der Waals surface area contributed by atoms with Gasteiger partial charge in [-0.1, -0.05) is 30.4 Å². The van der Waals surface area contributed by atoms with Gasteiger partial charge >= 0.3 is 0 Å². The van der Waals surface area contributed by atoms with Gasteiger partial charge in [-0.25, -0.2) is 4.39 Å². The Morgan fingerprint density at radius 3 is 2.85 bits per heavy atom. The van der Waals surface area contributed by atoms with Gasteiger partial charge in [0.25, 0.3) is 0 Å². The van der Waals surface area contributed by atoms with Crippen molar-refractivity contribution >= 4 is 6.08 Å². The molecule has 138 valence electrons. The first kappa shape index (κ1) is 18.7. The van der Waals surface area contributed by atoms with Gasteiger partial charge in [-0.2, -0.15) is 0 Å². The number of likely N-dealkylation sites (tertiary alicyclic amines) is 1. The number of rotatable bonds is 7. The lowest BCUT2D eigenvalue weighted by Crippen LogP contribution is -2.47. The second-order valence-corrected chi connectivity index (χ2v) is 7.06. The van der Waals surface area contributed by atoms with Crippen LogP contribution in [0.15, 0.2) is 54.7 Å². The first-order valence-electron chi connectivity index (χ1n) is 9.45. The molecule has 0 radical (unpaired) electrons. The Labute approximate surface area is 156 Å². The van der Waals surface area contributed by atoms with Crippen LogP contribution in [0.2, 0.25) is 0 Å². The molecule has 2 heterocycles. The van der Waals surface area contributed by atoms with Crippen molar-refractivity contribution in [3.63, 3.8) is 0 Å². The summed E-state index contributed by atoms with van der Waals surface area (Å²) >= 11 is 0. The molecule has 1 saturated heterocycles. The fraction of sp³-hybridized carbons (Fsp3) is 0.409. The van der Waals surface area contributed by atoms with E-state index in [9.17, 15) is 4.39 Å². The van der Waals surface area contributed by atoms with Crippen molar-refractivity contribution in [2.24, 2.45) is 0 Å². The minimum absolute atomic E-state index is 0.185. The standard InChI is InChI=1S/C22H28FN3/c1-25(17-13-21-7-2-3-14-24-21)22-8-5-16-26(18-22)15-4-6-19-9-11-20(23)12-10-19/h2-4,6-7,9-12,14,22H,5,8,13,15-18H2,1H3. The fourth-order valence-electron chi connectivity index (χ4n) is 3.49. The first-order valence-corrected chi connectivity index (χ1v) is 9.45. The molecule has 1 atom stereocenters. The summed E-state index contributed by atoms with van der Waals surface area (Å²) in [6.07, 6.45) is 9.63. The summed E-state index contributed by atoms with van der Waals surface area (Å²) < 4.78 is 12.9. The number of likely N-dealkylation sites (N-methyl/N-ethyl adjacent to an activating group) is 1. The van der Waals surface area contributed by atoms with Crippen LogP contribution in [0.3, 0.4) is 0 Å². The Hall–Kier alpha value is -2.04. The molecule has 0 saturated carbocycles. The molecule has 1 aromatic heterocycles. The Morgan fingerprint density at radius 2 is 2.08 bits per heavy atom. The monoisotopic (exact) mass is 353 g/mol. The molecule has 3 nitrogen and oxygen atoms in total. The zero-order valence-corrected chi connectivity index (χ0v) is 15.5. The molecule has 0 aliphatic carbocycles. The van der Waals surface area contributed by atoms with Crippen LogP contribution in [0.25, 0.3) is 6.08 Å². The number of pyridine rings is 1. The van der Waals surface area contributed by atoms with E-state index in [2.05, 4.69) is 46.1 Å². The maximum absolute atomic E-state index is 12.9. The van der Waals surface area contributed by atoms with Crippen molar-refractivity contribution in [1.29, 1.82) is 0 Å². The van der Waals surface area contributed by atoms with E-state index in [1.807, 2.05) is 24.4 Å². The van der Waals surface area contributed by atoms with E-state index in [0.717, 1.165) is 43.9 Å². The highest BCUT2D eigenvalue weighted by molar-refractivity contribution is 5.48. The fourth-order valence-corrected chi connectivity index (χ4v) is 3.49. The lowest BCUT2D eigenvalue weighted by molar-refractivity contribution is 0.125. The number of aromatic nitrogens is 1. The molecule has 0 amide bonds. The molecular weight excluding hydrogens is 325 g/mol. The summed E-state index contributed by atoms with van der Waals surface area (Å²) in [5, 5.41) is 0. The van der Waals surface area contributed by atoms with E-state index in [1.165, 1.54) is 25.0 Å². The number of nitrogens with zero attached hydrogens (tertiary/aromatic N) is 3. The van der Waals surface area contributed by atoms with Gasteiger partial charge in [-0.15, -0.1) is 0 Å². The predicted molar refractivity (Wildman–Crippen MR) is 105 cm³/mol. The van der Waals surface area contributed by atoms with Gasteiger partial charge in [-0.3, -0.25) is 9.88 Å². The Kier molecular flexibility index (Phi) is 6.92. The maximum Gasteiger partial charge on any atom is 0.123 e. The van der Waals surface area contributed by atoms with Gasteiger partial charge in [0.2, 0.25) is 0 Å². The Bertz CT molecular complexity index is 684. The molecule has 3 rings (SSSR count). The van der Waals surface area contributed by atoms with Crippen molar-refractivity contribution < 1.29 is 4.39 Å². The third-order valence-electron chi connectivity index (χ3n) is 5.09. The molecule has 1 fully saturated rings. The average molecular weight is 353 g/mol. The summed E-state index contributed by atoms with van der Waals surface area (Å²) in [6.45, 7) is 4.24. The highest BCUT2D eigenvalue weighted by atomic mass is 19.1. The van der Waals surface area contributed by atoms with E-state index in [0.29, 0.717) is 6.04 Å². The van der Waals surface area contributed by atoms with Gasteiger partial charge < -0.3 is 4.90 Å². The van der Waals surface area contributed by atoms with Crippen LogP contribution >= 0.6 is 0 Å². The van der Waals surface area contributed by atoms with Crippen molar-refractivity contribution in [3.8, 4) is 0 Å². The average Bonchev–Trinajstić information content (AvgIpc) is 2.69. The molecule has 0 N–H and O–H groups in total. The van der Waals surface area contributed by atoms with Crippen LogP contribution in [-0.2, 0) is 6.42 Å². The smallest absolute Gasteiger partial charge is 0.123 e. The number of halogens is 1. The molecule has 0 bridgehead atoms. The second kappa shape index (κ2) is 9.60. The number of hydrogen-bond acceptors (Lipinski definition) is 3. The summed E-state index contributed by atoms with van der Waals surface area (Å²) in [5.41, 5.74) is 2.21. The first-order chi connectivity index (χ1) is 12.7. The van der Waals surface area contributed by atoms with Crippen LogP contribution < -0.4 is 0 Å². The normalized spacial score (nSPS) is 18.7. The lowest BCUT2D eigenvalue weighted by atomic mass is 10.0.